The minimum Gasteiger partial charge on any atom is -0.380 e. The highest BCUT2D eigenvalue weighted by Crippen LogP contribution is 1.97. The van der Waals surface area contributed by atoms with E-state index in [1.165, 1.54) is 0 Å². The van der Waals surface area contributed by atoms with Crippen LogP contribution in [0.25, 0.3) is 0 Å². The maximum atomic E-state index is 5.16. The molecule has 0 spiro atoms. The van der Waals surface area contributed by atoms with E-state index in [2.05, 4.69) is 15.3 Å². The monoisotopic (exact) mass is 181 g/mol. The Morgan fingerprint density at radius 1 is 1.38 bits per heavy atom. The Hall–Kier alpha value is -1.16. The zero-order valence-electron chi connectivity index (χ0n) is 8.08. The summed E-state index contributed by atoms with van der Waals surface area (Å²) in [6.07, 6.45) is 3.58. The molecule has 4 heteroatoms. The fourth-order valence-electron chi connectivity index (χ4n) is 0.863. The normalized spacial score (nSPS) is 10.0. The van der Waals surface area contributed by atoms with Gasteiger partial charge in [0.1, 0.15) is 0 Å². The number of ether oxygens (including phenoxy) is 1. The molecular formula is C9H15N3O. The van der Waals surface area contributed by atoms with E-state index in [4.69, 9.17) is 4.74 Å². The first-order valence-electron chi connectivity index (χ1n) is 4.43. The molecule has 0 unspecified atom stereocenters. The Kier molecular flexibility index (Phi) is 4.18. The van der Waals surface area contributed by atoms with E-state index in [0.717, 1.165) is 18.7 Å². The highest BCUT2D eigenvalue weighted by Gasteiger charge is 1.92. The number of rotatable bonds is 5. The van der Waals surface area contributed by atoms with Gasteiger partial charge in [-0.15, -0.1) is 0 Å². The number of hydrogen-bond donors (Lipinski definition) is 1. The second-order valence-electron chi connectivity index (χ2n) is 2.71. The van der Waals surface area contributed by atoms with Crippen molar-refractivity contribution in [3.8, 4) is 0 Å². The maximum Gasteiger partial charge on any atom is 0.222 e. The molecule has 0 bridgehead atoms. The van der Waals surface area contributed by atoms with Gasteiger partial charge >= 0.3 is 0 Å². The molecule has 0 amide bonds. The summed E-state index contributed by atoms with van der Waals surface area (Å²) in [5.41, 5.74) is 1.07. The molecule has 0 aromatic carbocycles. The molecule has 4 nitrogen and oxygen atoms in total. The largest absolute Gasteiger partial charge is 0.380 e. The summed E-state index contributed by atoms with van der Waals surface area (Å²) in [5, 5.41) is 3.06. The third-order valence-corrected chi connectivity index (χ3v) is 1.51. The van der Waals surface area contributed by atoms with Gasteiger partial charge in [-0.1, -0.05) is 0 Å². The van der Waals surface area contributed by atoms with E-state index >= 15 is 0 Å². The average Bonchev–Trinajstić information content (AvgIpc) is 2.15. The zero-order valence-corrected chi connectivity index (χ0v) is 8.08. The van der Waals surface area contributed by atoms with Gasteiger partial charge in [0.2, 0.25) is 5.95 Å². The average molecular weight is 181 g/mol. The van der Waals surface area contributed by atoms with Gasteiger partial charge in [0.25, 0.3) is 0 Å². The lowest BCUT2D eigenvalue weighted by Crippen LogP contribution is -2.11. The molecule has 0 fully saturated rings. The van der Waals surface area contributed by atoms with Crippen molar-refractivity contribution in [2.45, 2.75) is 13.8 Å². The van der Waals surface area contributed by atoms with Crippen LogP contribution in [0.3, 0.4) is 0 Å². The highest BCUT2D eigenvalue weighted by molar-refractivity contribution is 5.23. The van der Waals surface area contributed by atoms with Crippen LogP contribution in [-0.4, -0.2) is 29.7 Å². The fraction of sp³-hybridized carbons (Fsp3) is 0.556. The highest BCUT2D eigenvalue weighted by atomic mass is 16.5. The van der Waals surface area contributed by atoms with Crippen LogP contribution in [0.15, 0.2) is 12.4 Å². The minimum absolute atomic E-state index is 0.658. The van der Waals surface area contributed by atoms with Gasteiger partial charge in [-0.2, -0.15) is 0 Å². The Bertz CT molecular complexity index is 235. The van der Waals surface area contributed by atoms with Gasteiger partial charge < -0.3 is 10.1 Å². The number of nitrogens with zero attached hydrogens (tertiary/aromatic N) is 2. The van der Waals surface area contributed by atoms with E-state index in [9.17, 15) is 0 Å². The number of anilines is 1. The van der Waals surface area contributed by atoms with Crippen LogP contribution in [0.1, 0.15) is 12.5 Å². The lowest BCUT2D eigenvalue weighted by Gasteiger charge is -2.03. The number of nitrogens with one attached hydrogen (secondary N) is 1. The first kappa shape index (κ1) is 9.92. The molecule has 0 aliphatic heterocycles. The maximum absolute atomic E-state index is 5.16. The molecule has 13 heavy (non-hydrogen) atoms. The van der Waals surface area contributed by atoms with Gasteiger partial charge in [-0.25, -0.2) is 9.97 Å². The van der Waals surface area contributed by atoms with Crippen molar-refractivity contribution < 1.29 is 4.74 Å². The molecular weight excluding hydrogens is 166 g/mol. The predicted octanol–water partition coefficient (Wildman–Crippen LogP) is 1.23. The van der Waals surface area contributed by atoms with Crippen LogP contribution in [0.2, 0.25) is 0 Å². The van der Waals surface area contributed by atoms with Crippen LogP contribution in [-0.2, 0) is 4.74 Å². The Labute approximate surface area is 78.4 Å². The Balaban J connectivity index is 2.25. The summed E-state index contributed by atoms with van der Waals surface area (Å²) < 4.78 is 5.16. The Morgan fingerprint density at radius 2 is 2.08 bits per heavy atom. The van der Waals surface area contributed by atoms with Crippen molar-refractivity contribution in [1.29, 1.82) is 0 Å². The van der Waals surface area contributed by atoms with Crippen molar-refractivity contribution in [2.75, 3.05) is 25.1 Å². The molecule has 0 saturated carbocycles. The molecule has 1 aromatic rings. The topological polar surface area (TPSA) is 47.0 Å². The summed E-state index contributed by atoms with van der Waals surface area (Å²) in [7, 11) is 0. The van der Waals surface area contributed by atoms with Crippen molar-refractivity contribution in [2.24, 2.45) is 0 Å². The summed E-state index contributed by atoms with van der Waals surface area (Å²) in [4.78, 5) is 8.20. The van der Waals surface area contributed by atoms with Crippen LogP contribution >= 0.6 is 0 Å². The van der Waals surface area contributed by atoms with E-state index in [1.807, 2.05) is 13.8 Å². The third-order valence-electron chi connectivity index (χ3n) is 1.51. The minimum atomic E-state index is 0.658. The Morgan fingerprint density at radius 3 is 2.69 bits per heavy atom. The third kappa shape index (κ3) is 3.85. The summed E-state index contributed by atoms with van der Waals surface area (Å²) in [6.45, 7) is 6.12. The molecule has 0 saturated heterocycles. The van der Waals surface area contributed by atoms with Crippen molar-refractivity contribution in [1.82, 2.24) is 9.97 Å². The van der Waals surface area contributed by atoms with Crippen molar-refractivity contribution >= 4 is 5.95 Å². The number of aryl methyl sites for hydroxylation is 1. The molecule has 0 aliphatic rings. The summed E-state index contributed by atoms with van der Waals surface area (Å²) in [6, 6.07) is 0. The van der Waals surface area contributed by atoms with Gasteiger partial charge in [0, 0.05) is 25.5 Å². The molecule has 0 atom stereocenters. The smallest absolute Gasteiger partial charge is 0.222 e. The lowest BCUT2D eigenvalue weighted by molar-refractivity contribution is 0.158. The summed E-state index contributed by atoms with van der Waals surface area (Å²) >= 11 is 0. The van der Waals surface area contributed by atoms with Gasteiger partial charge in [0.05, 0.1) is 6.61 Å². The SMILES string of the molecule is CCOCCNc1ncc(C)cn1. The lowest BCUT2D eigenvalue weighted by atomic mass is 10.4. The molecule has 0 aliphatic carbocycles. The molecule has 1 heterocycles. The second-order valence-corrected chi connectivity index (χ2v) is 2.71. The molecule has 1 N–H and O–H groups in total. The van der Waals surface area contributed by atoms with Crippen LogP contribution < -0.4 is 5.32 Å². The van der Waals surface area contributed by atoms with Crippen LogP contribution in [0, 0.1) is 6.92 Å². The van der Waals surface area contributed by atoms with Gasteiger partial charge in [0.15, 0.2) is 0 Å². The quantitative estimate of drug-likeness (QED) is 0.694. The van der Waals surface area contributed by atoms with Gasteiger partial charge in [-0.3, -0.25) is 0 Å². The molecule has 72 valence electrons. The van der Waals surface area contributed by atoms with E-state index in [0.29, 0.717) is 12.6 Å². The second kappa shape index (κ2) is 5.48. The predicted molar refractivity (Wildman–Crippen MR) is 51.8 cm³/mol. The first-order chi connectivity index (χ1) is 6.33. The van der Waals surface area contributed by atoms with Crippen LogP contribution in [0.5, 0.6) is 0 Å². The first-order valence-corrected chi connectivity index (χ1v) is 4.43. The number of hydrogen-bond acceptors (Lipinski definition) is 4. The summed E-state index contributed by atoms with van der Waals surface area (Å²) in [5.74, 6) is 0.658. The van der Waals surface area contributed by atoms with E-state index in [-0.39, 0.29) is 0 Å². The van der Waals surface area contributed by atoms with E-state index < -0.39 is 0 Å². The van der Waals surface area contributed by atoms with E-state index in [1.54, 1.807) is 12.4 Å². The van der Waals surface area contributed by atoms with Crippen molar-refractivity contribution in [3.63, 3.8) is 0 Å². The van der Waals surface area contributed by atoms with Crippen molar-refractivity contribution in [3.05, 3.63) is 18.0 Å². The molecule has 1 aromatic heterocycles. The molecule has 0 radical (unpaired) electrons. The zero-order chi connectivity index (χ0) is 9.52. The van der Waals surface area contributed by atoms with Gasteiger partial charge in [-0.05, 0) is 19.4 Å². The fourth-order valence-corrected chi connectivity index (χ4v) is 0.863. The standard InChI is InChI=1S/C9H15N3O/c1-3-13-5-4-10-9-11-6-8(2)7-12-9/h6-7H,3-5H2,1-2H3,(H,10,11,12). The number of aromatic nitrogens is 2. The molecule has 1 rings (SSSR count). The van der Waals surface area contributed by atoms with Crippen LogP contribution in [0.4, 0.5) is 5.95 Å².